The van der Waals surface area contributed by atoms with Gasteiger partial charge in [-0.05, 0) is 77.7 Å². The van der Waals surface area contributed by atoms with E-state index in [0.717, 1.165) is 11.0 Å². The monoisotopic (exact) mass is 522 g/mol. The van der Waals surface area contributed by atoms with Gasteiger partial charge in [-0.15, -0.1) is 0 Å². The number of esters is 1. The van der Waals surface area contributed by atoms with Crippen LogP contribution in [0.2, 0.25) is 0 Å². The molecule has 1 heterocycles. The molecule has 0 unspecified atom stereocenters. The van der Waals surface area contributed by atoms with Crippen molar-refractivity contribution in [1.82, 2.24) is 0 Å². The maximum Gasteiger partial charge on any atom is 0.495 e. The molecule has 0 aromatic heterocycles. The zero-order chi connectivity index (χ0) is 28.3. The van der Waals surface area contributed by atoms with Crippen LogP contribution in [0.1, 0.15) is 64.4 Å². The Kier molecular flexibility index (Phi) is 8.63. The summed E-state index contributed by atoms with van der Waals surface area (Å²) in [6, 6.07) is 13.0. The summed E-state index contributed by atoms with van der Waals surface area (Å²) >= 11 is 0. The van der Waals surface area contributed by atoms with Gasteiger partial charge in [0, 0.05) is 25.0 Å². The van der Waals surface area contributed by atoms with Crippen molar-refractivity contribution in [3.8, 4) is 0 Å². The largest absolute Gasteiger partial charge is 0.495 e. The Labute approximate surface area is 226 Å². The highest BCUT2D eigenvalue weighted by molar-refractivity contribution is 6.62. The van der Waals surface area contributed by atoms with Crippen LogP contribution in [0.15, 0.2) is 55.1 Å². The van der Waals surface area contributed by atoms with Crippen molar-refractivity contribution in [3.05, 3.63) is 66.2 Å². The minimum Gasteiger partial charge on any atom is -0.458 e. The second-order valence-corrected chi connectivity index (χ2v) is 11.4. The van der Waals surface area contributed by atoms with Gasteiger partial charge >= 0.3 is 19.2 Å². The molecule has 1 aliphatic heterocycles. The van der Waals surface area contributed by atoms with Gasteiger partial charge in [-0.3, -0.25) is 5.32 Å². The SMILES string of the molecule is C=CCOC(=O)c1cc(NC(=O)OC(C)(C)C)cc(N(C)Cc2ccccc2B2OC(C)(C)C(C)(C)O2)c1. The number of ether oxygens (including phenoxy) is 2. The second kappa shape index (κ2) is 11.2. The van der Waals surface area contributed by atoms with Crippen molar-refractivity contribution < 1.29 is 28.4 Å². The van der Waals surface area contributed by atoms with E-state index < -0.39 is 36.0 Å². The van der Waals surface area contributed by atoms with Gasteiger partial charge in [0.1, 0.15) is 12.2 Å². The summed E-state index contributed by atoms with van der Waals surface area (Å²) in [6.07, 6.45) is 0.884. The summed E-state index contributed by atoms with van der Waals surface area (Å²) in [7, 11) is 1.40. The van der Waals surface area contributed by atoms with Crippen LogP contribution < -0.4 is 15.7 Å². The van der Waals surface area contributed by atoms with E-state index in [1.165, 1.54) is 6.08 Å². The summed E-state index contributed by atoms with van der Waals surface area (Å²) in [4.78, 5) is 27.1. The van der Waals surface area contributed by atoms with Crippen LogP contribution in [0.3, 0.4) is 0 Å². The summed E-state index contributed by atoms with van der Waals surface area (Å²) in [5.41, 5.74) is 1.77. The molecule has 204 valence electrons. The highest BCUT2D eigenvalue weighted by Crippen LogP contribution is 2.37. The fraction of sp³-hybridized carbons (Fsp3) is 0.448. The third-order valence-corrected chi connectivity index (χ3v) is 6.54. The van der Waals surface area contributed by atoms with Crippen molar-refractivity contribution in [3.63, 3.8) is 0 Å². The van der Waals surface area contributed by atoms with Crippen molar-refractivity contribution >= 4 is 36.0 Å². The Hall–Kier alpha value is -3.30. The molecule has 9 heteroatoms. The third-order valence-electron chi connectivity index (χ3n) is 6.54. The molecule has 0 atom stereocenters. The first-order valence-corrected chi connectivity index (χ1v) is 12.7. The van der Waals surface area contributed by atoms with Crippen LogP contribution in [-0.4, -0.2) is 49.6 Å². The fourth-order valence-electron chi connectivity index (χ4n) is 3.89. The normalized spacial score (nSPS) is 16.1. The molecule has 0 radical (unpaired) electrons. The van der Waals surface area contributed by atoms with E-state index in [1.54, 1.807) is 39.0 Å². The molecule has 38 heavy (non-hydrogen) atoms. The molecule has 1 amide bonds. The van der Waals surface area contributed by atoms with Crippen molar-refractivity contribution in [1.29, 1.82) is 0 Å². The van der Waals surface area contributed by atoms with E-state index in [0.29, 0.717) is 23.5 Å². The first kappa shape index (κ1) is 29.3. The van der Waals surface area contributed by atoms with E-state index in [4.69, 9.17) is 18.8 Å². The molecule has 1 aliphatic rings. The number of anilines is 2. The summed E-state index contributed by atoms with van der Waals surface area (Å²) < 4.78 is 23.2. The maximum atomic E-state index is 12.7. The summed E-state index contributed by atoms with van der Waals surface area (Å²) in [6.45, 7) is 17.6. The lowest BCUT2D eigenvalue weighted by molar-refractivity contribution is 0.00578. The van der Waals surface area contributed by atoms with Crippen LogP contribution in [0.25, 0.3) is 0 Å². The number of carbonyl (C=O) groups excluding carboxylic acids is 2. The van der Waals surface area contributed by atoms with Gasteiger partial charge < -0.3 is 23.7 Å². The third kappa shape index (κ3) is 7.17. The number of hydrogen-bond donors (Lipinski definition) is 1. The lowest BCUT2D eigenvalue weighted by Crippen LogP contribution is -2.41. The van der Waals surface area contributed by atoms with Gasteiger partial charge in [0.05, 0.1) is 16.8 Å². The van der Waals surface area contributed by atoms with Crippen LogP contribution in [0, 0.1) is 0 Å². The average molecular weight is 522 g/mol. The predicted octanol–water partition coefficient (Wildman–Crippen LogP) is 5.31. The first-order chi connectivity index (χ1) is 17.6. The first-order valence-electron chi connectivity index (χ1n) is 12.7. The Bertz CT molecular complexity index is 1170. The fourth-order valence-corrected chi connectivity index (χ4v) is 3.89. The smallest absolute Gasteiger partial charge is 0.458 e. The van der Waals surface area contributed by atoms with Crippen LogP contribution in [-0.2, 0) is 25.3 Å². The minimum atomic E-state index is -0.665. The Balaban J connectivity index is 1.90. The zero-order valence-electron chi connectivity index (χ0n) is 23.7. The van der Waals surface area contributed by atoms with Gasteiger partial charge in [-0.2, -0.15) is 0 Å². The minimum absolute atomic E-state index is 0.0786. The highest BCUT2D eigenvalue weighted by atomic mass is 16.7. The van der Waals surface area contributed by atoms with Gasteiger partial charge in [0.2, 0.25) is 0 Å². The van der Waals surface area contributed by atoms with Crippen LogP contribution >= 0.6 is 0 Å². The van der Waals surface area contributed by atoms with E-state index in [9.17, 15) is 9.59 Å². The Morgan fingerprint density at radius 2 is 1.71 bits per heavy atom. The molecule has 0 bridgehead atoms. The van der Waals surface area contributed by atoms with Gasteiger partial charge in [-0.25, -0.2) is 9.59 Å². The molecule has 2 aromatic carbocycles. The van der Waals surface area contributed by atoms with E-state index in [1.807, 2.05) is 63.9 Å². The number of carbonyl (C=O) groups is 2. The molecule has 1 N–H and O–H groups in total. The van der Waals surface area contributed by atoms with Crippen molar-refractivity contribution in [2.24, 2.45) is 0 Å². The van der Waals surface area contributed by atoms with E-state index in [-0.39, 0.29) is 6.61 Å². The molecule has 0 saturated carbocycles. The molecule has 1 fully saturated rings. The second-order valence-electron chi connectivity index (χ2n) is 11.4. The van der Waals surface area contributed by atoms with Crippen LogP contribution in [0.5, 0.6) is 0 Å². The van der Waals surface area contributed by atoms with E-state index >= 15 is 0 Å². The Morgan fingerprint density at radius 1 is 1.08 bits per heavy atom. The quantitative estimate of drug-likeness (QED) is 0.286. The lowest BCUT2D eigenvalue weighted by atomic mass is 9.76. The van der Waals surface area contributed by atoms with Gasteiger partial charge in [0.25, 0.3) is 0 Å². The lowest BCUT2D eigenvalue weighted by Gasteiger charge is -2.32. The predicted molar refractivity (Wildman–Crippen MR) is 151 cm³/mol. The molecular formula is C29H39BN2O6. The number of rotatable bonds is 8. The number of nitrogens with zero attached hydrogens (tertiary/aromatic N) is 1. The average Bonchev–Trinajstić information content (AvgIpc) is 3.02. The molecule has 3 rings (SSSR count). The molecule has 8 nitrogen and oxygen atoms in total. The number of benzene rings is 2. The van der Waals surface area contributed by atoms with Crippen molar-refractivity contribution in [2.75, 3.05) is 23.9 Å². The molecule has 0 aliphatic carbocycles. The van der Waals surface area contributed by atoms with Crippen LogP contribution in [0.4, 0.5) is 16.2 Å². The molecule has 1 saturated heterocycles. The molecule has 2 aromatic rings. The zero-order valence-corrected chi connectivity index (χ0v) is 23.7. The Morgan fingerprint density at radius 3 is 2.32 bits per heavy atom. The molecule has 0 spiro atoms. The van der Waals surface area contributed by atoms with Crippen molar-refractivity contribution in [2.45, 2.75) is 71.8 Å². The van der Waals surface area contributed by atoms with Gasteiger partial charge in [0.15, 0.2) is 0 Å². The summed E-state index contributed by atoms with van der Waals surface area (Å²) in [5.74, 6) is -0.523. The number of hydrogen-bond acceptors (Lipinski definition) is 7. The highest BCUT2D eigenvalue weighted by Gasteiger charge is 2.52. The topological polar surface area (TPSA) is 86.3 Å². The van der Waals surface area contributed by atoms with E-state index in [2.05, 4.69) is 11.9 Å². The number of amides is 1. The molecular weight excluding hydrogens is 483 g/mol. The number of nitrogens with one attached hydrogen (secondary N) is 1. The standard InChI is InChI=1S/C29H39BN2O6/c1-10-15-35-25(33)21-16-22(31-26(34)36-27(2,3)4)18-23(17-21)32(9)19-20-13-11-12-14-24(20)30-37-28(5,6)29(7,8)38-30/h10-14,16-18H,1,15,19H2,2-9H3,(H,31,34). The summed E-state index contributed by atoms with van der Waals surface area (Å²) in [5, 5.41) is 2.73. The maximum absolute atomic E-state index is 12.7. The van der Waals surface area contributed by atoms with Gasteiger partial charge in [-0.1, -0.05) is 36.9 Å².